The van der Waals surface area contributed by atoms with Crippen LogP contribution in [0.15, 0.2) is 30.3 Å². The van der Waals surface area contributed by atoms with Gasteiger partial charge in [0, 0.05) is 24.0 Å². The molecule has 1 N–H and O–H groups in total. The molecule has 1 aromatic heterocycles. The minimum Gasteiger partial charge on any atom is -0.490 e. The van der Waals surface area contributed by atoms with E-state index in [0.29, 0.717) is 28.7 Å². The van der Waals surface area contributed by atoms with Crippen LogP contribution in [0.3, 0.4) is 0 Å². The first-order valence-corrected chi connectivity index (χ1v) is 12.6. The number of carbonyl (C=O) groups is 1. The first-order chi connectivity index (χ1) is 17.7. The van der Waals surface area contributed by atoms with Crippen molar-refractivity contribution in [1.29, 1.82) is 0 Å². The summed E-state index contributed by atoms with van der Waals surface area (Å²) >= 11 is 0. The van der Waals surface area contributed by atoms with Gasteiger partial charge in [-0.3, -0.25) is 0 Å². The lowest BCUT2D eigenvalue weighted by Gasteiger charge is -2.22. The van der Waals surface area contributed by atoms with Crippen molar-refractivity contribution in [3.8, 4) is 17.2 Å². The fraction of sp³-hybridized carbons (Fsp3) is 0.481. The van der Waals surface area contributed by atoms with Crippen LogP contribution in [0.25, 0.3) is 21.8 Å². The van der Waals surface area contributed by atoms with E-state index in [0.717, 1.165) is 32.5 Å². The minimum absolute atomic E-state index is 0.0207. The molecule has 1 saturated heterocycles. The maximum atomic E-state index is 13.3. The molecule has 0 radical (unpaired) electrons. The Kier molecular flexibility index (Phi) is 8.26. The monoisotopic (exact) mass is 519 g/mol. The van der Waals surface area contributed by atoms with Crippen molar-refractivity contribution in [3.05, 3.63) is 30.3 Å². The van der Waals surface area contributed by atoms with Gasteiger partial charge in [0.2, 0.25) is 5.75 Å². The third-order valence-electron chi connectivity index (χ3n) is 6.55. The Balaban J connectivity index is 1.84. The Morgan fingerprint density at radius 2 is 1.89 bits per heavy atom. The van der Waals surface area contributed by atoms with E-state index in [1.54, 1.807) is 6.07 Å². The topological polar surface area (TPSA) is 72.9 Å². The van der Waals surface area contributed by atoms with Crippen molar-refractivity contribution in [3.63, 3.8) is 0 Å². The highest BCUT2D eigenvalue weighted by Gasteiger charge is 2.42. The summed E-state index contributed by atoms with van der Waals surface area (Å²) in [5, 5.41) is 4.27. The number of aromatic nitrogens is 1. The van der Waals surface area contributed by atoms with Crippen LogP contribution in [0.4, 0.5) is 18.9 Å². The first kappa shape index (κ1) is 26.8. The summed E-state index contributed by atoms with van der Waals surface area (Å²) in [5.74, 6) is -2.64. The number of carbonyl (C=O) groups excluding carboxylic acids is 1. The van der Waals surface area contributed by atoms with E-state index in [4.69, 9.17) is 14.2 Å². The Hall–Kier alpha value is -3.27. The largest absolute Gasteiger partial charge is 0.491 e. The Labute approximate surface area is 213 Å². The zero-order valence-electron chi connectivity index (χ0n) is 21.3. The second kappa shape index (κ2) is 11.4. The number of halogens is 3. The lowest BCUT2D eigenvalue weighted by atomic mass is 10.0. The summed E-state index contributed by atoms with van der Waals surface area (Å²) in [7, 11) is 1.30. The standard InChI is InChI=1S/C27H32F3N3O4/c1-4-17(2)31-23-18-10-5-6-11-19(18)32-20-16-21(36-15-9-14-33-12-7-8-13-33)24(35-3)25(22(20)23)37-26(34)27(28,29)30/h5-6,10-11,16-17H,4,7-9,12-15H2,1-3H3,(H,31,32)/t17-/m1/s1. The average Bonchev–Trinajstić information content (AvgIpc) is 3.39. The third-order valence-corrected chi connectivity index (χ3v) is 6.55. The van der Waals surface area contributed by atoms with Crippen LogP contribution in [0, 0.1) is 0 Å². The third kappa shape index (κ3) is 6.01. The van der Waals surface area contributed by atoms with Gasteiger partial charge in [0.15, 0.2) is 11.5 Å². The van der Waals surface area contributed by atoms with Crippen LogP contribution in [0.2, 0.25) is 0 Å². The van der Waals surface area contributed by atoms with Gasteiger partial charge in [-0.15, -0.1) is 0 Å². The number of methoxy groups -OCH3 is 1. The number of likely N-dealkylation sites (tertiary alicyclic amines) is 1. The summed E-state index contributed by atoms with van der Waals surface area (Å²) in [6, 6.07) is 8.89. The van der Waals surface area contributed by atoms with E-state index < -0.39 is 12.1 Å². The molecule has 10 heteroatoms. The van der Waals surface area contributed by atoms with Gasteiger partial charge in [-0.2, -0.15) is 13.2 Å². The van der Waals surface area contributed by atoms with E-state index >= 15 is 0 Å². The molecule has 0 aliphatic carbocycles. The lowest BCUT2D eigenvalue weighted by molar-refractivity contribution is -0.189. The molecule has 37 heavy (non-hydrogen) atoms. The number of ether oxygens (including phenoxy) is 3. The number of nitrogens with zero attached hydrogens (tertiary/aromatic N) is 2. The van der Waals surface area contributed by atoms with Crippen LogP contribution in [-0.2, 0) is 4.79 Å². The van der Waals surface area contributed by atoms with Gasteiger partial charge in [0.1, 0.15) is 0 Å². The molecule has 2 aromatic carbocycles. The highest BCUT2D eigenvalue weighted by Crippen LogP contribution is 2.48. The van der Waals surface area contributed by atoms with Crippen molar-refractivity contribution in [2.45, 2.75) is 51.7 Å². The molecule has 4 rings (SSSR count). The van der Waals surface area contributed by atoms with Crippen molar-refractivity contribution < 1.29 is 32.2 Å². The van der Waals surface area contributed by atoms with E-state index in [1.807, 2.05) is 38.1 Å². The number of hydrogen-bond acceptors (Lipinski definition) is 7. The maximum absolute atomic E-state index is 13.3. The van der Waals surface area contributed by atoms with Crippen molar-refractivity contribution in [1.82, 2.24) is 9.88 Å². The first-order valence-electron chi connectivity index (χ1n) is 12.6. The van der Waals surface area contributed by atoms with Crippen LogP contribution in [0.1, 0.15) is 39.5 Å². The molecule has 200 valence electrons. The number of nitrogens with one attached hydrogen (secondary N) is 1. The summed E-state index contributed by atoms with van der Waals surface area (Å²) in [5.41, 5.74) is 1.47. The molecule has 1 atom stereocenters. The maximum Gasteiger partial charge on any atom is 0.491 e. The Bertz CT molecular complexity index is 1260. The molecular weight excluding hydrogens is 487 g/mol. The molecule has 7 nitrogen and oxygen atoms in total. The highest BCUT2D eigenvalue weighted by atomic mass is 19.4. The molecule has 0 unspecified atom stereocenters. The van der Waals surface area contributed by atoms with Gasteiger partial charge < -0.3 is 24.4 Å². The molecule has 3 aromatic rings. The molecule has 1 aliphatic rings. The van der Waals surface area contributed by atoms with Gasteiger partial charge in [0.05, 0.1) is 35.8 Å². The number of esters is 1. The van der Waals surface area contributed by atoms with Crippen LogP contribution in [0.5, 0.6) is 17.2 Å². The van der Waals surface area contributed by atoms with Gasteiger partial charge in [0.25, 0.3) is 0 Å². The molecule has 1 fully saturated rings. The van der Waals surface area contributed by atoms with Gasteiger partial charge in [-0.05, 0) is 51.8 Å². The van der Waals surface area contributed by atoms with E-state index in [-0.39, 0.29) is 28.7 Å². The number of alkyl halides is 3. The number of benzene rings is 2. The lowest BCUT2D eigenvalue weighted by Crippen LogP contribution is -2.28. The number of para-hydroxylation sites is 1. The number of hydrogen-bond donors (Lipinski definition) is 1. The zero-order valence-corrected chi connectivity index (χ0v) is 21.3. The Morgan fingerprint density at radius 1 is 1.16 bits per heavy atom. The SMILES string of the molecule is CC[C@@H](C)Nc1c2ccccc2nc2cc(OCCCN3CCCC3)c(OC)c(OC(=O)C(F)(F)F)c12. The smallest absolute Gasteiger partial charge is 0.490 e. The molecular formula is C27H32F3N3O4. The van der Waals surface area contributed by atoms with Crippen LogP contribution in [-0.4, -0.2) is 61.4 Å². The van der Waals surface area contributed by atoms with E-state index in [9.17, 15) is 18.0 Å². The summed E-state index contributed by atoms with van der Waals surface area (Å²) in [6.45, 7) is 7.23. The van der Waals surface area contributed by atoms with Crippen LogP contribution < -0.4 is 19.5 Å². The molecule has 0 bridgehead atoms. The second-order valence-corrected chi connectivity index (χ2v) is 9.23. The summed E-state index contributed by atoms with van der Waals surface area (Å²) in [4.78, 5) is 19.0. The van der Waals surface area contributed by atoms with E-state index in [2.05, 4.69) is 15.2 Å². The Morgan fingerprint density at radius 3 is 2.57 bits per heavy atom. The average molecular weight is 520 g/mol. The number of fused-ring (bicyclic) bond motifs is 2. The fourth-order valence-electron chi connectivity index (χ4n) is 4.50. The van der Waals surface area contributed by atoms with Crippen molar-refractivity contribution >= 4 is 33.5 Å². The normalized spacial score (nSPS) is 15.2. The van der Waals surface area contributed by atoms with Gasteiger partial charge in [-0.1, -0.05) is 25.1 Å². The molecule has 0 saturated carbocycles. The van der Waals surface area contributed by atoms with Crippen molar-refractivity contribution in [2.75, 3.05) is 38.7 Å². The van der Waals surface area contributed by atoms with Crippen LogP contribution >= 0.6 is 0 Å². The number of pyridine rings is 1. The number of rotatable bonds is 10. The fourth-order valence-corrected chi connectivity index (χ4v) is 4.50. The molecule has 1 aliphatic heterocycles. The molecule has 2 heterocycles. The predicted octanol–water partition coefficient (Wildman–Crippen LogP) is 5.94. The minimum atomic E-state index is -5.20. The number of anilines is 1. The summed E-state index contributed by atoms with van der Waals surface area (Å²) in [6.07, 6.45) is -1.35. The predicted molar refractivity (Wildman–Crippen MR) is 137 cm³/mol. The van der Waals surface area contributed by atoms with Gasteiger partial charge >= 0.3 is 12.1 Å². The second-order valence-electron chi connectivity index (χ2n) is 9.23. The van der Waals surface area contributed by atoms with Gasteiger partial charge in [-0.25, -0.2) is 9.78 Å². The molecule has 0 spiro atoms. The zero-order chi connectivity index (χ0) is 26.6. The summed E-state index contributed by atoms with van der Waals surface area (Å²) < 4.78 is 56.4. The van der Waals surface area contributed by atoms with E-state index in [1.165, 1.54) is 20.0 Å². The quantitative estimate of drug-likeness (QED) is 0.154. The van der Waals surface area contributed by atoms with Crippen molar-refractivity contribution in [2.24, 2.45) is 0 Å². The highest BCUT2D eigenvalue weighted by molar-refractivity contribution is 6.12. The molecule has 0 amide bonds.